The van der Waals surface area contributed by atoms with E-state index in [-0.39, 0.29) is 17.9 Å². The van der Waals surface area contributed by atoms with Crippen LogP contribution in [0, 0.1) is 3.57 Å². The fraction of sp³-hybridized carbons (Fsp3) is 0.556. The first kappa shape index (κ1) is 13.0. The van der Waals surface area contributed by atoms with E-state index < -0.39 is 0 Å². The van der Waals surface area contributed by atoms with Crippen molar-refractivity contribution in [1.29, 1.82) is 0 Å². The summed E-state index contributed by atoms with van der Waals surface area (Å²) in [5.41, 5.74) is 0. The minimum atomic E-state index is 0.164. The molecule has 0 aliphatic rings. The molecule has 0 aliphatic heterocycles. The molecule has 84 valence electrons. The first-order chi connectivity index (χ1) is 7.19. The number of anilines is 1. The second kappa shape index (κ2) is 6.49. The number of aromatic nitrogens is 2. The normalized spacial score (nSPS) is 14.7. The minimum Gasteiger partial charge on any atom is -0.395 e. The van der Waals surface area contributed by atoms with Gasteiger partial charge in [0.05, 0.1) is 10.2 Å². The number of thioether (sulfide) groups is 1. The van der Waals surface area contributed by atoms with Gasteiger partial charge in [0.25, 0.3) is 0 Å². The highest BCUT2D eigenvalue weighted by Crippen LogP contribution is 2.18. The number of aliphatic hydroxyl groups excluding tert-OH is 1. The van der Waals surface area contributed by atoms with E-state index in [0.717, 1.165) is 9.39 Å². The largest absolute Gasteiger partial charge is 0.395 e. The Morgan fingerprint density at radius 3 is 2.93 bits per heavy atom. The summed E-state index contributed by atoms with van der Waals surface area (Å²) in [5.74, 6) is 0.825. The van der Waals surface area contributed by atoms with Crippen LogP contribution in [0.2, 0.25) is 0 Å². The van der Waals surface area contributed by atoms with Gasteiger partial charge in [-0.05, 0) is 35.8 Å². The van der Waals surface area contributed by atoms with Gasteiger partial charge in [-0.1, -0.05) is 0 Å². The smallest absolute Gasteiger partial charge is 0.143 e. The van der Waals surface area contributed by atoms with Gasteiger partial charge in [0, 0.05) is 17.5 Å². The van der Waals surface area contributed by atoms with E-state index in [9.17, 15) is 0 Å². The molecule has 0 aliphatic carbocycles. The third-order valence-electron chi connectivity index (χ3n) is 2.07. The molecule has 0 saturated carbocycles. The van der Waals surface area contributed by atoms with Crippen molar-refractivity contribution in [2.75, 3.05) is 18.2 Å². The van der Waals surface area contributed by atoms with E-state index in [1.165, 1.54) is 6.33 Å². The van der Waals surface area contributed by atoms with Crippen molar-refractivity contribution in [3.05, 3.63) is 16.1 Å². The van der Waals surface area contributed by atoms with Crippen LogP contribution >= 0.6 is 34.4 Å². The number of nitrogens with zero attached hydrogens (tertiary/aromatic N) is 2. The second-order valence-electron chi connectivity index (χ2n) is 3.11. The van der Waals surface area contributed by atoms with Crippen LogP contribution in [0.5, 0.6) is 0 Å². The predicted octanol–water partition coefficient (Wildman–Crippen LogP) is 1.61. The van der Waals surface area contributed by atoms with Gasteiger partial charge in [0.1, 0.15) is 12.1 Å². The van der Waals surface area contributed by atoms with E-state index in [1.54, 1.807) is 18.0 Å². The van der Waals surface area contributed by atoms with Crippen LogP contribution in [0.3, 0.4) is 0 Å². The third-order valence-corrected chi connectivity index (χ3v) is 4.02. The maximum atomic E-state index is 9.15. The number of hydrogen-bond acceptors (Lipinski definition) is 5. The zero-order valence-corrected chi connectivity index (χ0v) is 11.6. The van der Waals surface area contributed by atoms with E-state index in [2.05, 4.69) is 37.9 Å². The molecule has 2 unspecified atom stereocenters. The van der Waals surface area contributed by atoms with Crippen LogP contribution in [-0.2, 0) is 0 Å². The number of nitrogens with one attached hydrogen (secondary N) is 1. The lowest BCUT2D eigenvalue weighted by atomic mass is 10.2. The molecular formula is C9H14IN3OS. The van der Waals surface area contributed by atoms with Crippen molar-refractivity contribution < 1.29 is 5.11 Å². The molecule has 4 nitrogen and oxygen atoms in total. The highest BCUT2D eigenvalue weighted by atomic mass is 127. The lowest BCUT2D eigenvalue weighted by Gasteiger charge is -2.22. The summed E-state index contributed by atoms with van der Waals surface area (Å²) < 4.78 is 0.986. The summed E-state index contributed by atoms with van der Waals surface area (Å²) in [7, 11) is 0. The molecule has 0 amide bonds. The van der Waals surface area contributed by atoms with Gasteiger partial charge in [-0.15, -0.1) is 0 Å². The molecule has 2 N–H and O–H groups in total. The van der Waals surface area contributed by atoms with Crippen LogP contribution in [-0.4, -0.2) is 39.2 Å². The van der Waals surface area contributed by atoms with E-state index in [0.29, 0.717) is 0 Å². The molecule has 0 bridgehead atoms. The zero-order chi connectivity index (χ0) is 11.3. The summed E-state index contributed by atoms with van der Waals surface area (Å²) in [5, 5.41) is 12.6. The Morgan fingerprint density at radius 1 is 1.67 bits per heavy atom. The lowest BCUT2D eigenvalue weighted by Crippen LogP contribution is -2.31. The maximum absolute atomic E-state index is 9.15. The molecule has 0 saturated heterocycles. The van der Waals surface area contributed by atoms with Crippen molar-refractivity contribution in [1.82, 2.24) is 9.97 Å². The average Bonchev–Trinajstić information content (AvgIpc) is 2.23. The van der Waals surface area contributed by atoms with Crippen molar-refractivity contribution in [3.63, 3.8) is 0 Å². The fourth-order valence-electron chi connectivity index (χ4n) is 1.16. The lowest BCUT2D eigenvalue weighted by molar-refractivity contribution is 0.288. The van der Waals surface area contributed by atoms with Crippen molar-refractivity contribution in [3.8, 4) is 0 Å². The molecular weight excluding hydrogens is 325 g/mol. The molecule has 1 rings (SSSR count). The Bertz CT molecular complexity index is 309. The standard InChI is InChI=1S/C9H14IN3OS/c1-6(8(4-14)15-2)13-9-7(10)3-11-5-12-9/h3,5-6,8,14H,4H2,1-2H3,(H,11,12,13). The van der Waals surface area contributed by atoms with Gasteiger partial charge in [-0.25, -0.2) is 9.97 Å². The molecule has 0 spiro atoms. The monoisotopic (exact) mass is 339 g/mol. The Hall–Kier alpha value is -0.0800. The van der Waals surface area contributed by atoms with Gasteiger partial charge in [0.2, 0.25) is 0 Å². The Balaban J connectivity index is 2.65. The van der Waals surface area contributed by atoms with Crippen LogP contribution in [0.15, 0.2) is 12.5 Å². The van der Waals surface area contributed by atoms with Crippen LogP contribution in [0.25, 0.3) is 0 Å². The van der Waals surface area contributed by atoms with E-state index in [4.69, 9.17) is 5.11 Å². The van der Waals surface area contributed by atoms with Crippen molar-refractivity contribution in [2.45, 2.75) is 18.2 Å². The van der Waals surface area contributed by atoms with Crippen molar-refractivity contribution >= 4 is 40.2 Å². The quantitative estimate of drug-likeness (QED) is 0.799. The van der Waals surface area contributed by atoms with E-state index >= 15 is 0 Å². The molecule has 0 fully saturated rings. The SMILES string of the molecule is CSC(CO)C(C)Nc1ncncc1I. The number of aliphatic hydroxyl groups is 1. The summed E-state index contributed by atoms with van der Waals surface area (Å²) in [6.45, 7) is 2.20. The van der Waals surface area contributed by atoms with Gasteiger partial charge < -0.3 is 10.4 Å². The van der Waals surface area contributed by atoms with Gasteiger partial charge in [0.15, 0.2) is 0 Å². The topological polar surface area (TPSA) is 58.0 Å². The summed E-state index contributed by atoms with van der Waals surface area (Å²) in [6.07, 6.45) is 5.27. The van der Waals surface area contributed by atoms with E-state index in [1.807, 2.05) is 13.2 Å². The molecule has 6 heteroatoms. The minimum absolute atomic E-state index is 0.164. The summed E-state index contributed by atoms with van der Waals surface area (Å²) in [6, 6.07) is 0.174. The molecule has 1 aromatic rings. The fourth-order valence-corrected chi connectivity index (χ4v) is 2.25. The Kier molecular flexibility index (Phi) is 5.62. The molecule has 1 aromatic heterocycles. The first-order valence-electron chi connectivity index (χ1n) is 4.54. The molecule has 0 radical (unpaired) electrons. The molecule has 0 aromatic carbocycles. The predicted molar refractivity (Wildman–Crippen MR) is 72.2 cm³/mol. The highest BCUT2D eigenvalue weighted by molar-refractivity contribution is 14.1. The summed E-state index contributed by atoms with van der Waals surface area (Å²) >= 11 is 3.83. The molecule has 15 heavy (non-hydrogen) atoms. The average molecular weight is 339 g/mol. The molecule has 1 heterocycles. The number of hydrogen-bond donors (Lipinski definition) is 2. The Morgan fingerprint density at radius 2 is 2.40 bits per heavy atom. The summed E-state index contributed by atoms with van der Waals surface area (Å²) in [4.78, 5) is 8.07. The second-order valence-corrected chi connectivity index (χ2v) is 5.35. The van der Waals surface area contributed by atoms with Crippen LogP contribution in [0.1, 0.15) is 6.92 Å². The van der Waals surface area contributed by atoms with Crippen molar-refractivity contribution in [2.24, 2.45) is 0 Å². The number of halogens is 1. The third kappa shape index (κ3) is 3.76. The Labute approximate surface area is 107 Å². The van der Waals surface area contributed by atoms with Gasteiger partial charge >= 0.3 is 0 Å². The van der Waals surface area contributed by atoms with Gasteiger partial charge in [-0.2, -0.15) is 11.8 Å². The maximum Gasteiger partial charge on any atom is 0.143 e. The van der Waals surface area contributed by atoms with Crippen LogP contribution in [0.4, 0.5) is 5.82 Å². The van der Waals surface area contributed by atoms with Crippen LogP contribution < -0.4 is 5.32 Å². The van der Waals surface area contributed by atoms with Gasteiger partial charge in [-0.3, -0.25) is 0 Å². The highest BCUT2D eigenvalue weighted by Gasteiger charge is 2.16. The molecule has 2 atom stereocenters. The first-order valence-corrected chi connectivity index (χ1v) is 6.91. The zero-order valence-electron chi connectivity index (χ0n) is 8.64. The number of rotatable bonds is 5.